The van der Waals surface area contributed by atoms with Gasteiger partial charge in [-0.15, -0.1) is 0 Å². The summed E-state index contributed by atoms with van der Waals surface area (Å²) < 4.78 is 0. The first-order chi connectivity index (χ1) is 10.2. The highest BCUT2D eigenvalue weighted by molar-refractivity contribution is 5.36. The molecule has 1 heterocycles. The molecule has 3 rings (SSSR count). The molecule has 3 nitrogen and oxygen atoms in total. The number of hydrogen-bond donors (Lipinski definition) is 2. The van der Waals surface area contributed by atoms with Gasteiger partial charge in [-0.05, 0) is 42.9 Å². The molecule has 0 unspecified atom stereocenters. The smallest absolute Gasteiger partial charge is 0.120 e. The first-order valence-corrected chi connectivity index (χ1v) is 8.37. The fraction of sp³-hybridized carbons (Fsp3) is 0.667. The van der Waals surface area contributed by atoms with Crippen LogP contribution in [0.15, 0.2) is 24.3 Å². The van der Waals surface area contributed by atoms with E-state index in [1.54, 1.807) is 0 Å². The number of nitrogens with zero attached hydrogens (tertiary/aromatic N) is 1. The molecule has 0 spiro atoms. The maximum absolute atomic E-state index is 11.4. The molecule has 2 N–H and O–H groups in total. The minimum absolute atomic E-state index is 0.208. The van der Waals surface area contributed by atoms with Gasteiger partial charge in [0.05, 0.1) is 6.10 Å². The Morgan fingerprint density at radius 3 is 2.71 bits per heavy atom. The maximum Gasteiger partial charge on any atom is 0.120 e. The van der Waals surface area contributed by atoms with Gasteiger partial charge in [0.2, 0.25) is 0 Å². The second-order valence-corrected chi connectivity index (χ2v) is 6.71. The number of rotatable bonds is 4. The molecular weight excluding hydrogens is 262 g/mol. The summed E-state index contributed by atoms with van der Waals surface area (Å²) >= 11 is 0. The maximum atomic E-state index is 11.4. The molecule has 2 atom stereocenters. The van der Waals surface area contributed by atoms with Crippen LogP contribution in [0.5, 0.6) is 0 Å². The van der Waals surface area contributed by atoms with Crippen LogP contribution in [-0.2, 0) is 12.1 Å². The normalized spacial score (nSPS) is 30.5. The lowest BCUT2D eigenvalue weighted by atomic mass is 9.66. The second kappa shape index (κ2) is 6.07. The van der Waals surface area contributed by atoms with Gasteiger partial charge in [-0.2, -0.15) is 0 Å². The molecule has 3 heteroatoms. The van der Waals surface area contributed by atoms with Crippen LogP contribution >= 0.6 is 0 Å². The average Bonchev–Trinajstić information content (AvgIpc) is 2.52. The third kappa shape index (κ3) is 2.63. The molecule has 1 fully saturated rings. The molecule has 0 radical (unpaired) electrons. The minimum Gasteiger partial charge on any atom is -0.388 e. The Labute approximate surface area is 127 Å². The van der Waals surface area contributed by atoms with Crippen molar-refractivity contribution < 1.29 is 10.2 Å². The van der Waals surface area contributed by atoms with Crippen LogP contribution in [0.2, 0.25) is 0 Å². The van der Waals surface area contributed by atoms with Crippen LogP contribution in [-0.4, -0.2) is 34.3 Å². The molecule has 1 aliphatic carbocycles. The molecular formula is C18H27NO2. The predicted molar refractivity (Wildman–Crippen MR) is 83.9 cm³/mol. The van der Waals surface area contributed by atoms with Crippen LogP contribution in [0.25, 0.3) is 0 Å². The number of aliphatic hydroxyl groups is 2. The van der Waals surface area contributed by atoms with Crippen LogP contribution in [0, 0.1) is 5.92 Å². The summed E-state index contributed by atoms with van der Waals surface area (Å²) in [5.41, 5.74) is 1.08. The molecule has 0 bridgehead atoms. The first-order valence-electron chi connectivity index (χ1n) is 8.37. The average molecular weight is 289 g/mol. The molecule has 21 heavy (non-hydrogen) atoms. The number of unbranched alkanes of at least 4 members (excludes halogenated alkanes) is 1. The van der Waals surface area contributed by atoms with Crippen LogP contribution < -0.4 is 0 Å². The van der Waals surface area contributed by atoms with E-state index < -0.39 is 11.7 Å². The number of fused-ring (bicyclic) bond motifs is 1. The highest BCUT2D eigenvalue weighted by Gasteiger charge is 2.49. The van der Waals surface area contributed by atoms with Crippen molar-refractivity contribution in [2.24, 2.45) is 5.92 Å². The fourth-order valence-electron chi connectivity index (χ4n) is 3.81. The van der Waals surface area contributed by atoms with Gasteiger partial charge < -0.3 is 10.2 Å². The molecule has 1 saturated carbocycles. The third-order valence-electron chi connectivity index (χ3n) is 5.34. The Hall–Kier alpha value is -0.900. The standard InChI is InChI=1S/C18H27NO2/c1-2-3-11-19-12-14-7-4-5-10-16(14)18(21,17(20)13-19)15-8-6-9-15/h4-5,7,10,15,17,20-21H,2-3,6,8-9,11-13H2,1H3/t17-,18+/m0/s1. The monoisotopic (exact) mass is 289 g/mol. The minimum atomic E-state index is -1.06. The van der Waals surface area contributed by atoms with Gasteiger partial charge in [-0.3, -0.25) is 4.90 Å². The second-order valence-electron chi connectivity index (χ2n) is 6.71. The quantitative estimate of drug-likeness (QED) is 0.895. The summed E-state index contributed by atoms with van der Waals surface area (Å²) in [4.78, 5) is 2.30. The lowest BCUT2D eigenvalue weighted by molar-refractivity contribution is -0.144. The Balaban J connectivity index is 1.95. The number of hydrogen-bond acceptors (Lipinski definition) is 3. The molecule has 2 aliphatic rings. The number of aliphatic hydroxyl groups excluding tert-OH is 1. The van der Waals surface area contributed by atoms with Crippen molar-refractivity contribution in [3.8, 4) is 0 Å². The van der Waals surface area contributed by atoms with Crippen molar-refractivity contribution in [1.29, 1.82) is 0 Å². The van der Waals surface area contributed by atoms with Gasteiger partial charge in [0.1, 0.15) is 5.60 Å². The molecule has 1 aliphatic heterocycles. The summed E-state index contributed by atoms with van der Waals surface area (Å²) in [6.45, 7) is 4.58. The van der Waals surface area contributed by atoms with Crippen molar-refractivity contribution in [3.63, 3.8) is 0 Å². The fourth-order valence-corrected chi connectivity index (χ4v) is 3.81. The van der Waals surface area contributed by atoms with Gasteiger partial charge in [-0.25, -0.2) is 0 Å². The Kier molecular flexibility index (Phi) is 4.34. The molecule has 1 aromatic carbocycles. The molecule has 0 saturated heterocycles. The van der Waals surface area contributed by atoms with E-state index in [2.05, 4.69) is 17.9 Å². The topological polar surface area (TPSA) is 43.7 Å². The van der Waals surface area contributed by atoms with Crippen molar-refractivity contribution in [3.05, 3.63) is 35.4 Å². The first kappa shape index (κ1) is 15.0. The SMILES string of the molecule is CCCCN1Cc2ccccc2[C@](O)(C2CCC2)[C@@H](O)C1. The van der Waals surface area contributed by atoms with E-state index in [4.69, 9.17) is 0 Å². The van der Waals surface area contributed by atoms with Gasteiger partial charge >= 0.3 is 0 Å². The summed E-state index contributed by atoms with van der Waals surface area (Å²) in [5, 5.41) is 22.1. The number of β-amino-alcohol motifs (C(OH)–C–C–N with tert-alkyl or cyclic N) is 1. The van der Waals surface area contributed by atoms with Crippen molar-refractivity contribution in [2.45, 2.75) is 57.3 Å². The zero-order valence-corrected chi connectivity index (χ0v) is 13.0. The van der Waals surface area contributed by atoms with Gasteiger partial charge in [0.25, 0.3) is 0 Å². The summed E-state index contributed by atoms with van der Waals surface area (Å²) in [5.74, 6) is 0.208. The molecule has 1 aromatic rings. The summed E-state index contributed by atoms with van der Waals surface area (Å²) in [6, 6.07) is 8.14. The summed E-state index contributed by atoms with van der Waals surface area (Å²) in [7, 11) is 0. The molecule has 0 amide bonds. The highest BCUT2D eigenvalue weighted by Crippen LogP contribution is 2.47. The van der Waals surface area contributed by atoms with E-state index in [0.29, 0.717) is 6.54 Å². The molecule has 116 valence electrons. The lowest BCUT2D eigenvalue weighted by Crippen LogP contribution is -2.51. The Morgan fingerprint density at radius 1 is 1.29 bits per heavy atom. The lowest BCUT2D eigenvalue weighted by Gasteiger charge is -2.44. The van der Waals surface area contributed by atoms with Crippen LogP contribution in [0.3, 0.4) is 0 Å². The highest BCUT2D eigenvalue weighted by atomic mass is 16.3. The van der Waals surface area contributed by atoms with Crippen molar-refractivity contribution in [1.82, 2.24) is 4.90 Å². The predicted octanol–water partition coefficient (Wildman–Crippen LogP) is 2.65. The van der Waals surface area contributed by atoms with Crippen molar-refractivity contribution >= 4 is 0 Å². The van der Waals surface area contributed by atoms with E-state index in [9.17, 15) is 10.2 Å². The van der Waals surface area contributed by atoms with Crippen molar-refractivity contribution in [2.75, 3.05) is 13.1 Å². The Morgan fingerprint density at radius 2 is 2.05 bits per heavy atom. The van der Waals surface area contributed by atoms with Gasteiger partial charge in [-0.1, -0.05) is 44.0 Å². The largest absolute Gasteiger partial charge is 0.388 e. The van der Waals surface area contributed by atoms with E-state index in [1.165, 1.54) is 12.0 Å². The van der Waals surface area contributed by atoms with Crippen LogP contribution in [0.4, 0.5) is 0 Å². The zero-order chi connectivity index (χ0) is 14.9. The van der Waals surface area contributed by atoms with Crippen LogP contribution in [0.1, 0.15) is 50.2 Å². The third-order valence-corrected chi connectivity index (χ3v) is 5.34. The zero-order valence-electron chi connectivity index (χ0n) is 13.0. The number of benzene rings is 1. The van der Waals surface area contributed by atoms with E-state index in [-0.39, 0.29) is 5.92 Å². The Bertz CT molecular complexity index is 486. The molecule has 0 aromatic heterocycles. The van der Waals surface area contributed by atoms with Gasteiger partial charge in [0, 0.05) is 13.1 Å². The van der Waals surface area contributed by atoms with E-state index >= 15 is 0 Å². The van der Waals surface area contributed by atoms with E-state index in [0.717, 1.165) is 44.3 Å². The van der Waals surface area contributed by atoms with E-state index in [1.807, 2.05) is 18.2 Å². The summed E-state index contributed by atoms with van der Waals surface area (Å²) in [6.07, 6.45) is 4.82. The van der Waals surface area contributed by atoms with Gasteiger partial charge in [0.15, 0.2) is 0 Å².